The van der Waals surface area contributed by atoms with Gasteiger partial charge in [0.2, 0.25) is 0 Å². The predicted molar refractivity (Wildman–Crippen MR) is 119 cm³/mol. The lowest BCUT2D eigenvalue weighted by atomic mass is 10.1. The van der Waals surface area contributed by atoms with Crippen molar-refractivity contribution in [1.82, 2.24) is 29.8 Å². The van der Waals surface area contributed by atoms with Gasteiger partial charge in [0, 0.05) is 65.1 Å². The summed E-state index contributed by atoms with van der Waals surface area (Å²) in [6.45, 7) is 8.06. The van der Waals surface area contributed by atoms with Gasteiger partial charge < -0.3 is 15.1 Å². The maximum absolute atomic E-state index is 4.54. The summed E-state index contributed by atoms with van der Waals surface area (Å²) in [5.74, 6) is 0.982. The van der Waals surface area contributed by atoms with Gasteiger partial charge >= 0.3 is 0 Å². The quantitative estimate of drug-likeness (QED) is 0.594. The number of piperazine rings is 1. The number of rotatable bonds is 6. The van der Waals surface area contributed by atoms with Crippen molar-refractivity contribution in [3.05, 3.63) is 53.3 Å². The first-order valence-corrected chi connectivity index (χ1v) is 10.3. The highest BCUT2D eigenvalue weighted by atomic mass is 15.3. The van der Waals surface area contributed by atoms with Crippen LogP contribution in [0.1, 0.15) is 22.7 Å². The molecule has 2 heterocycles. The van der Waals surface area contributed by atoms with E-state index in [1.54, 1.807) is 0 Å². The lowest BCUT2D eigenvalue weighted by Gasteiger charge is -2.37. The van der Waals surface area contributed by atoms with E-state index in [0.717, 1.165) is 45.2 Å². The van der Waals surface area contributed by atoms with Crippen molar-refractivity contribution in [2.75, 3.05) is 53.9 Å². The molecule has 29 heavy (non-hydrogen) atoms. The van der Waals surface area contributed by atoms with Crippen molar-refractivity contribution in [2.45, 2.75) is 19.5 Å². The van der Waals surface area contributed by atoms with E-state index in [4.69, 9.17) is 0 Å². The number of aryl methyl sites for hydroxylation is 2. The van der Waals surface area contributed by atoms with Crippen molar-refractivity contribution >= 4 is 5.96 Å². The van der Waals surface area contributed by atoms with E-state index < -0.39 is 0 Å². The summed E-state index contributed by atoms with van der Waals surface area (Å²) in [5.41, 5.74) is 3.93. The zero-order chi connectivity index (χ0) is 20.8. The van der Waals surface area contributed by atoms with Crippen LogP contribution in [0.3, 0.4) is 0 Å². The summed E-state index contributed by atoms with van der Waals surface area (Å²) >= 11 is 0. The molecule has 7 heteroatoms. The van der Waals surface area contributed by atoms with Crippen molar-refractivity contribution in [3.63, 3.8) is 0 Å². The highest BCUT2D eigenvalue weighted by Gasteiger charge is 2.22. The van der Waals surface area contributed by atoms with Crippen LogP contribution in [0.25, 0.3) is 0 Å². The van der Waals surface area contributed by atoms with Crippen LogP contribution >= 0.6 is 0 Å². The SMILES string of the molecule is CN=C(NCC(c1cnn(C)c1)N(C)C)N1CCN(Cc2cccc(C)c2)CC1. The van der Waals surface area contributed by atoms with E-state index in [1.165, 1.54) is 16.7 Å². The first-order chi connectivity index (χ1) is 14.0. The molecule has 158 valence electrons. The summed E-state index contributed by atoms with van der Waals surface area (Å²) in [6, 6.07) is 9.06. The molecule has 1 atom stereocenters. The summed E-state index contributed by atoms with van der Waals surface area (Å²) < 4.78 is 1.86. The van der Waals surface area contributed by atoms with Gasteiger partial charge in [0.05, 0.1) is 12.2 Å². The molecule has 1 unspecified atom stereocenters. The molecule has 0 radical (unpaired) electrons. The lowest BCUT2D eigenvalue weighted by molar-refractivity contribution is 0.171. The maximum atomic E-state index is 4.54. The molecule has 2 aromatic rings. The van der Waals surface area contributed by atoms with Gasteiger partial charge in [0.15, 0.2) is 5.96 Å². The van der Waals surface area contributed by atoms with Crippen molar-refractivity contribution < 1.29 is 0 Å². The van der Waals surface area contributed by atoms with Crippen molar-refractivity contribution in [2.24, 2.45) is 12.0 Å². The fourth-order valence-electron chi connectivity index (χ4n) is 3.92. The number of benzene rings is 1. The molecule has 0 bridgehead atoms. The van der Waals surface area contributed by atoms with E-state index in [2.05, 4.69) is 81.6 Å². The minimum atomic E-state index is 0.253. The lowest BCUT2D eigenvalue weighted by Crippen LogP contribution is -2.53. The molecular weight excluding hydrogens is 362 g/mol. The van der Waals surface area contributed by atoms with E-state index in [-0.39, 0.29) is 6.04 Å². The Labute approximate surface area is 175 Å². The van der Waals surface area contributed by atoms with Crippen LogP contribution in [0, 0.1) is 6.92 Å². The Hall–Kier alpha value is -2.38. The summed E-state index contributed by atoms with van der Waals surface area (Å²) in [5, 5.41) is 7.90. The van der Waals surface area contributed by atoms with Crippen LogP contribution in [-0.4, -0.2) is 84.3 Å². The van der Waals surface area contributed by atoms with Gasteiger partial charge in [-0.25, -0.2) is 0 Å². The highest BCUT2D eigenvalue weighted by molar-refractivity contribution is 5.80. The Morgan fingerprint density at radius 3 is 2.59 bits per heavy atom. The molecule has 0 saturated carbocycles. The van der Waals surface area contributed by atoms with Gasteiger partial charge in [-0.05, 0) is 26.6 Å². The first kappa shape index (κ1) is 21.3. The van der Waals surface area contributed by atoms with Gasteiger partial charge in [0.25, 0.3) is 0 Å². The number of likely N-dealkylation sites (N-methyl/N-ethyl adjacent to an activating group) is 1. The fourth-order valence-corrected chi connectivity index (χ4v) is 3.92. The predicted octanol–water partition coefficient (Wildman–Crippen LogP) is 1.72. The number of nitrogens with zero attached hydrogens (tertiary/aromatic N) is 6. The zero-order valence-electron chi connectivity index (χ0n) is 18.5. The van der Waals surface area contributed by atoms with Gasteiger partial charge in [-0.3, -0.25) is 14.6 Å². The number of guanidine groups is 1. The molecule has 7 nitrogen and oxygen atoms in total. The van der Waals surface area contributed by atoms with Gasteiger partial charge in [-0.15, -0.1) is 0 Å². The number of hydrogen-bond donors (Lipinski definition) is 1. The third kappa shape index (κ3) is 5.81. The Bertz CT molecular complexity index is 803. The van der Waals surface area contributed by atoms with Gasteiger partial charge in [-0.2, -0.15) is 5.10 Å². The summed E-state index contributed by atoms with van der Waals surface area (Å²) in [7, 11) is 8.04. The molecule has 1 N–H and O–H groups in total. The van der Waals surface area contributed by atoms with Crippen molar-refractivity contribution in [1.29, 1.82) is 0 Å². The number of nitrogens with one attached hydrogen (secondary N) is 1. The van der Waals surface area contributed by atoms with E-state index in [0.29, 0.717) is 0 Å². The number of aromatic nitrogens is 2. The summed E-state index contributed by atoms with van der Waals surface area (Å²) in [6.07, 6.45) is 4.03. The molecular formula is C22H35N7. The average Bonchev–Trinajstić information content (AvgIpc) is 3.12. The van der Waals surface area contributed by atoms with E-state index in [1.807, 2.05) is 25.0 Å². The van der Waals surface area contributed by atoms with Gasteiger partial charge in [0.1, 0.15) is 0 Å². The Morgan fingerprint density at radius 2 is 2.00 bits per heavy atom. The first-order valence-electron chi connectivity index (χ1n) is 10.3. The second-order valence-electron chi connectivity index (χ2n) is 8.11. The van der Waals surface area contributed by atoms with E-state index >= 15 is 0 Å². The van der Waals surface area contributed by atoms with Crippen LogP contribution in [0.15, 0.2) is 41.7 Å². The Morgan fingerprint density at radius 1 is 1.24 bits per heavy atom. The highest BCUT2D eigenvalue weighted by Crippen LogP contribution is 2.16. The topological polar surface area (TPSA) is 51.9 Å². The molecule has 1 aliphatic heterocycles. The molecule has 1 aliphatic rings. The Balaban J connectivity index is 1.52. The van der Waals surface area contributed by atoms with Crippen LogP contribution in [0.2, 0.25) is 0 Å². The van der Waals surface area contributed by atoms with Crippen LogP contribution in [0.5, 0.6) is 0 Å². The third-order valence-corrected chi connectivity index (χ3v) is 5.56. The molecule has 1 saturated heterocycles. The van der Waals surface area contributed by atoms with Gasteiger partial charge in [-0.1, -0.05) is 29.8 Å². The molecule has 0 aliphatic carbocycles. The maximum Gasteiger partial charge on any atom is 0.193 e. The number of aliphatic imine (C=N–C) groups is 1. The monoisotopic (exact) mass is 397 g/mol. The molecule has 0 spiro atoms. The standard InChI is InChI=1S/C22H35N7/c1-18-7-6-8-19(13-18)16-28-9-11-29(12-10-28)22(23-2)24-15-21(26(3)4)20-14-25-27(5)17-20/h6-8,13-14,17,21H,9-12,15-16H2,1-5H3,(H,23,24). The van der Waals surface area contributed by atoms with Crippen LogP contribution in [-0.2, 0) is 13.6 Å². The largest absolute Gasteiger partial charge is 0.354 e. The Kier molecular flexibility index (Phi) is 7.28. The fraction of sp³-hybridized carbons (Fsp3) is 0.545. The average molecular weight is 398 g/mol. The second kappa shape index (κ2) is 9.89. The minimum Gasteiger partial charge on any atom is -0.354 e. The smallest absolute Gasteiger partial charge is 0.193 e. The summed E-state index contributed by atoms with van der Waals surface area (Å²) in [4.78, 5) is 11.6. The van der Waals surface area contributed by atoms with Crippen LogP contribution < -0.4 is 5.32 Å². The minimum absolute atomic E-state index is 0.253. The van der Waals surface area contributed by atoms with Crippen LogP contribution in [0.4, 0.5) is 0 Å². The normalized spacial score (nSPS) is 17.0. The molecule has 1 fully saturated rings. The third-order valence-electron chi connectivity index (χ3n) is 5.56. The van der Waals surface area contributed by atoms with E-state index in [9.17, 15) is 0 Å². The molecule has 0 amide bonds. The molecule has 3 rings (SSSR count). The number of hydrogen-bond acceptors (Lipinski definition) is 4. The molecule has 1 aromatic carbocycles. The zero-order valence-corrected chi connectivity index (χ0v) is 18.5. The molecule has 1 aromatic heterocycles. The second-order valence-corrected chi connectivity index (χ2v) is 8.11. The van der Waals surface area contributed by atoms with Crippen molar-refractivity contribution in [3.8, 4) is 0 Å².